The number of nitriles is 2. The highest BCUT2D eigenvalue weighted by Crippen LogP contribution is 2.26. The Labute approximate surface area is 181 Å². The highest BCUT2D eigenvalue weighted by Gasteiger charge is 2.11. The van der Waals surface area contributed by atoms with Crippen LogP contribution < -0.4 is 10.2 Å². The zero-order valence-corrected chi connectivity index (χ0v) is 17.9. The Hall–Kier alpha value is -3.42. The van der Waals surface area contributed by atoms with Gasteiger partial charge < -0.3 is 15.3 Å². The maximum absolute atomic E-state index is 9.35. The van der Waals surface area contributed by atoms with E-state index < -0.39 is 0 Å². The summed E-state index contributed by atoms with van der Waals surface area (Å²) in [4.78, 5) is 0. The Balaban J connectivity index is 2.15. The average Bonchev–Trinajstić information content (AvgIpc) is 2.74. The second kappa shape index (κ2) is 11.5. The minimum absolute atomic E-state index is 0.0938. The highest BCUT2D eigenvalue weighted by molar-refractivity contribution is 8.13. The zero-order chi connectivity index (χ0) is 21.9. The molecule has 0 saturated carbocycles. The fourth-order valence-electron chi connectivity index (χ4n) is 2.82. The molecule has 30 heavy (non-hydrogen) atoms. The zero-order valence-electron chi connectivity index (χ0n) is 17.1. The van der Waals surface area contributed by atoms with Gasteiger partial charge in [-0.1, -0.05) is 42.6 Å². The smallest absolute Gasteiger partial charge is 0.174 e. The van der Waals surface area contributed by atoms with Crippen molar-refractivity contribution in [1.29, 1.82) is 10.5 Å². The van der Waals surface area contributed by atoms with Crippen LogP contribution in [0.4, 0.5) is 0 Å². The molecular formula is C23H24N4O2S. The average molecular weight is 421 g/mol. The fourth-order valence-corrected chi connectivity index (χ4v) is 3.85. The second-order valence-corrected chi connectivity index (χ2v) is 7.50. The third-order valence-corrected chi connectivity index (χ3v) is 5.33. The lowest BCUT2D eigenvalue weighted by molar-refractivity contribution is 0.367. The predicted molar refractivity (Wildman–Crippen MR) is 120 cm³/mol. The van der Waals surface area contributed by atoms with Gasteiger partial charge in [0.15, 0.2) is 6.61 Å². The van der Waals surface area contributed by atoms with Crippen LogP contribution in [0.1, 0.15) is 34.2 Å². The van der Waals surface area contributed by atoms with Crippen LogP contribution in [0, 0.1) is 29.6 Å². The van der Waals surface area contributed by atoms with Gasteiger partial charge in [0.1, 0.15) is 22.9 Å². The van der Waals surface area contributed by atoms with Gasteiger partial charge in [-0.15, -0.1) is 0 Å². The topological polar surface area (TPSA) is 101 Å². The first kappa shape index (κ1) is 22.9. The van der Waals surface area contributed by atoms with E-state index in [9.17, 15) is 10.4 Å². The van der Waals surface area contributed by atoms with Crippen molar-refractivity contribution < 1.29 is 9.84 Å². The number of rotatable bonds is 9. The number of hydrogen-bond acceptors (Lipinski definition) is 7. The van der Waals surface area contributed by atoms with Gasteiger partial charge in [-0.25, -0.2) is 0 Å². The number of hydrogen-bond donors (Lipinski definition) is 2. The van der Waals surface area contributed by atoms with Crippen molar-refractivity contribution in [3.05, 3.63) is 76.6 Å². The second-order valence-electron chi connectivity index (χ2n) is 6.53. The molecule has 6 nitrogen and oxygen atoms in total. The molecule has 154 valence electrons. The largest absolute Gasteiger partial charge is 0.513 e. The number of aliphatic hydroxyl groups excluding tert-OH is 1. The summed E-state index contributed by atoms with van der Waals surface area (Å²) in [5.41, 5.74) is 7.47. The number of allylic oxidation sites excluding steroid dienone is 1. The number of aliphatic hydroxyl groups is 1. The lowest BCUT2D eigenvalue weighted by Gasteiger charge is -2.12. The molecule has 0 fully saturated rings. The molecule has 0 aliphatic carbocycles. The quantitative estimate of drug-likeness (QED) is 0.266. The van der Waals surface area contributed by atoms with Gasteiger partial charge >= 0.3 is 0 Å². The Morgan fingerprint density at radius 3 is 2.63 bits per heavy atom. The monoisotopic (exact) mass is 420 g/mol. The molecule has 2 aromatic rings. The molecule has 0 aromatic heterocycles. The van der Waals surface area contributed by atoms with Crippen molar-refractivity contribution in [2.45, 2.75) is 25.5 Å². The van der Waals surface area contributed by atoms with Crippen LogP contribution in [-0.4, -0.2) is 23.8 Å². The third-order valence-electron chi connectivity index (χ3n) is 4.27. The van der Waals surface area contributed by atoms with Gasteiger partial charge in [0, 0.05) is 24.8 Å². The number of thioether (sulfide) groups is 1. The molecule has 0 atom stereocenters. The molecule has 0 saturated heterocycles. The SMILES string of the molecule is C=C(O)CCc1ccc(/C(=N/NC)SCc2ccc(OCC#N)c(C#N)c2)c(C)c1. The van der Waals surface area contributed by atoms with Gasteiger partial charge in [-0.05, 0) is 42.2 Å². The van der Waals surface area contributed by atoms with E-state index in [1.165, 1.54) is 0 Å². The summed E-state index contributed by atoms with van der Waals surface area (Å²) in [6.45, 7) is 5.47. The first-order valence-corrected chi connectivity index (χ1v) is 10.3. The lowest BCUT2D eigenvalue weighted by Crippen LogP contribution is -2.07. The van der Waals surface area contributed by atoms with E-state index in [0.717, 1.165) is 33.7 Å². The molecule has 0 aliphatic heterocycles. The molecule has 0 spiro atoms. The van der Waals surface area contributed by atoms with Gasteiger partial charge in [-0.2, -0.15) is 15.6 Å². The molecule has 7 heteroatoms. The van der Waals surface area contributed by atoms with Crippen LogP contribution in [-0.2, 0) is 12.2 Å². The molecule has 2 N–H and O–H groups in total. The summed E-state index contributed by atoms with van der Waals surface area (Å²) in [6.07, 6.45) is 1.28. The summed E-state index contributed by atoms with van der Waals surface area (Å²) in [6, 6.07) is 15.6. The van der Waals surface area contributed by atoms with E-state index >= 15 is 0 Å². The summed E-state index contributed by atoms with van der Waals surface area (Å²) in [5, 5.41) is 32.6. The van der Waals surface area contributed by atoms with Crippen molar-refractivity contribution in [1.82, 2.24) is 5.43 Å². The number of aryl methyl sites for hydroxylation is 2. The minimum atomic E-state index is -0.0938. The maximum Gasteiger partial charge on any atom is 0.174 e. The Morgan fingerprint density at radius 1 is 1.23 bits per heavy atom. The maximum atomic E-state index is 9.35. The van der Waals surface area contributed by atoms with Crippen molar-refractivity contribution in [2.24, 2.45) is 5.10 Å². The van der Waals surface area contributed by atoms with Crippen LogP contribution in [0.5, 0.6) is 5.75 Å². The Kier molecular flexibility index (Phi) is 8.80. The molecule has 0 radical (unpaired) electrons. The molecule has 0 heterocycles. The number of ether oxygens (including phenoxy) is 1. The highest BCUT2D eigenvalue weighted by atomic mass is 32.2. The summed E-state index contributed by atoms with van der Waals surface area (Å²) in [7, 11) is 1.76. The Bertz CT molecular complexity index is 1020. The van der Waals surface area contributed by atoms with E-state index in [1.54, 1.807) is 30.9 Å². The van der Waals surface area contributed by atoms with Crippen molar-refractivity contribution in [3.63, 3.8) is 0 Å². The van der Waals surface area contributed by atoms with Gasteiger partial charge in [0.05, 0.1) is 11.3 Å². The third kappa shape index (κ3) is 6.58. The standard InChI is InChI=1S/C23H24N4O2S/c1-16-12-18(5-4-17(2)28)6-8-21(16)23(27-26-3)30-15-19-7-9-22(29-11-10-24)20(13-19)14-25/h6-9,12-13,26,28H,2,4-5,11,15H2,1,3H3/b27-23-. The van der Waals surface area contributed by atoms with Crippen molar-refractivity contribution >= 4 is 16.8 Å². The Morgan fingerprint density at radius 2 is 2.00 bits per heavy atom. The van der Waals surface area contributed by atoms with E-state index in [1.807, 2.05) is 31.2 Å². The molecule has 0 bridgehead atoms. The first-order chi connectivity index (χ1) is 14.5. The van der Waals surface area contributed by atoms with Gasteiger partial charge in [0.25, 0.3) is 0 Å². The molecular weight excluding hydrogens is 396 g/mol. The molecule has 0 unspecified atom stereocenters. The normalized spacial score (nSPS) is 10.7. The fraction of sp³-hybridized carbons (Fsp3) is 0.261. The minimum Gasteiger partial charge on any atom is -0.513 e. The van der Waals surface area contributed by atoms with E-state index in [4.69, 9.17) is 10.00 Å². The van der Waals surface area contributed by atoms with Crippen LogP contribution in [0.2, 0.25) is 0 Å². The van der Waals surface area contributed by atoms with Crippen molar-refractivity contribution in [3.8, 4) is 17.9 Å². The number of nitrogens with zero attached hydrogens (tertiary/aromatic N) is 3. The summed E-state index contributed by atoms with van der Waals surface area (Å²) in [5.74, 6) is 1.22. The van der Waals surface area contributed by atoms with Crippen LogP contribution in [0.3, 0.4) is 0 Å². The molecule has 2 rings (SSSR count). The first-order valence-electron chi connectivity index (χ1n) is 9.35. The van der Waals surface area contributed by atoms with Gasteiger partial charge in [-0.3, -0.25) is 0 Å². The molecule has 2 aromatic carbocycles. The van der Waals surface area contributed by atoms with Crippen LogP contribution >= 0.6 is 11.8 Å². The number of nitrogens with one attached hydrogen (secondary N) is 1. The lowest BCUT2D eigenvalue weighted by atomic mass is 10.0. The number of benzene rings is 2. The predicted octanol–water partition coefficient (Wildman–Crippen LogP) is 4.59. The molecule has 0 amide bonds. The van der Waals surface area contributed by atoms with E-state index in [0.29, 0.717) is 23.5 Å². The summed E-state index contributed by atoms with van der Waals surface area (Å²) < 4.78 is 5.28. The van der Waals surface area contributed by atoms with E-state index in [-0.39, 0.29) is 12.4 Å². The van der Waals surface area contributed by atoms with Crippen LogP contribution in [0.25, 0.3) is 0 Å². The van der Waals surface area contributed by atoms with Crippen molar-refractivity contribution in [2.75, 3.05) is 13.7 Å². The summed E-state index contributed by atoms with van der Waals surface area (Å²) >= 11 is 1.56. The van der Waals surface area contributed by atoms with E-state index in [2.05, 4.69) is 29.2 Å². The van der Waals surface area contributed by atoms with Gasteiger partial charge in [0.2, 0.25) is 0 Å². The van der Waals surface area contributed by atoms with Crippen LogP contribution in [0.15, 0.2) is 53.8 Å². The number of hydrazone groups is 1. The molecule has 0 aliphatic rings.